The van der Waals surface area contributed by atoms with Crippen molar-refractivity contribution in [1.29, 1.82) is 0 Å². The fraction of sp³-hybridized carbons (Fsp3) is 0.533. The maximum atomic E-state index is 12.5. The second-order valence-electron chi connectivity index (χ2n) is 5.18. The number of benzene rings is 1. The number of carbonyl (C=O) groups excluding carboxylic acids is 1. The van der Waals surface area contributed by atoms with Crippen LogP contribution in [-0.2, 0) is 0 Å². The van der Waals surface area contributed by atoms with Gasteiger partial charge in [0.05, 0.1) is 12.7 Å². The van der Waals surface area contributed by atoms with E-state index in [2.05, 4.69) is 15.9 Å². The highest BCUT2D eigenvalue weighted by Crippen LogP contribution is 2.27. The second kappa shape index (κ2) is 6.42. The summed E-state index contributed by atoms with van der Waals surface area (Å²) in [5, 5.41) is 0. The normalized spacial score (nSPS) is 15.5. The molecule has 0 radical (unpaired) electrons. The molecule has 4 heteroatoms. The molecule has 2 rings (SSSR count). The van der Waals surface area contributed by atoms with Gasteiger partial charge < -0.3 is 9.64 Å². The number of halogens is 1. The van der Waals surface area contributed by atoms with E-state index in [-0.39, 0.29) is 5.91 Å². The Morgan fingerprint density at radius 2 is 2.11 bits per heavy atom. The Hall–Kier alpha value is -1.03. The highest BCUT2D eigenvalue weighted by Gasteiger charge is 2.21. The van der Waals surface area contributed by atoms with Crippen LogP contribution in [0.1, 0.15) is 36.0 Å². The van der Waals surface area contributed by atoms with E-state index in [4.69, 9.17) is 4.74 Å². The Bertz CT molecular complexity index is 455. The lowest BCUT2D eigenvalue weighted by Crippen LogP contribution is -2.31. The van der Waals surface area contributed by atoms with Crippen LogP contribution < -0.4 is 4.74 Å². The number of amides is 1. The van der Waals surface area contributed by atoms with Crippen LogP contribution in [0.3, 0.4) is 0 Å². The van der Waals surface area contributed by atoms with E-state index >= 15 is 0 Å². The summed E-state index contributed by atoms with van der Waals surface area (Å²) in [6.45, 7) is 0.850. The van der Waals surface area contributed by atoms with Gasteiger partial charge in [-0.05, 0) is 52.9 Å². The van der Waals surface area contributed by atoms with Crippen LogP contribution in [-0.4, -0.2) is 31.5 Å². The van der Waals surface area contributed by atoms with Crippen molar-refractivity contribution in [2.45, 2.75) is 25.7 Å². The van der Waals surface area contributed by atoms with Crippen molar-refractivity contribution in [3.8, 4) is 5.75 Å². The molecule has 0 unspecified atom stereocenters. The SMILES string of the molecule is COc1ccc(Br)c(C(=O)N(C)CC2CCCC2)c1. The summed E-state index contributed by atoms with van der Waals surface area (Å²) >= 11 is 3.44. The number of ether oxygens (including phenoxy) is 1. The molecule has 19 heavy (non-hydrogen) atoms. The first-order valence-corrected chi connectivity index (χ1v) is 7.50. The lowest BCUT2D eigenvalue weighted by atomic mass is 10.1. The van der Waals surface area contributed by atoms with E-state index in [0.717, 1.165) is 11.0 Å². The van der Waals surface area contributed by atoms with Crippen molar-refractivity contribution >= 4 is 21.8 Å². The molecule has 0 atom stereocenters. The van der Waals surface area contributed by atoms with E-state index in [0.29, 0.717) is 17.2 Å². The molecule has 0 bridgehead atoms. The van der Waals surface area contributed by atoms with Crippen LogP contribution in [0.2, 0.25) is 0 Å². The van der Waals surface area contributed by atoms with Gasteiger partial charge in [-0.2, -0.15) is 0 Å². The largest absolute Gasteiger partial charge is 0.497 e. The molecule has 1 fully saturated rings. The van der Waals surface area contributed by atoms with Gasteiger partial charge >= 0.3 is 0 Å². The smallest absolute Gasteiger partial charge is 0.254 e. The summed E-state index contributed by atoms with van der Waals surface area (Å²) in [6, 6.07) is 5.49. The molecule has 1 aliphatic rings. The summed E-state index contributed by atoms with van der Waals surface area (Å²) < 4.78 is 6.00. The highest BCUT2D eigenvalue weighted by molar-refractivity contribution is 9.10. The van der Waals surface area contributed by atoms with E-state index in [9.17, 15) is 4.79 Å². The van der Waals surface area contributed by atoms with Crippen LogP contribution in [0.4, 0.5) is 0 Å². The summed E-state index contributed by atoms with van der Waals surface area (Å²) in [7, 11) is 3.49. The first-order valence-electron chi connectivity index (χ1n) is 6.71. The molecule has 104 valence electrons. The topological polar surface area (TPSA) is 29.5 Å². The molecule has 0 aromatic heterocycles. The van der Waals surface area contributed by atoms with Gasteiger partial charge in [0.1, 0.15) is 5.75 Å². The first-order chi connectivity index (χ1) is 9.11. The van der Waals surface area contributed by atoms with Crippen molar-refractivity contribution in [2.75, 3.05) is 20.7 Å². The lowest BCUT2D eigenvalue weighted by molar-refractivity contribution is 0.0772. The molecule has 1 aromatic rings. The quantitative estimate of drug-likeness (QED) is 0.844. The van der Waals surface area contributed by atoms with Gasteiger partial charge in [-0.1, -0.05) is 12.8 Å². The maximum absolute atomic E-state index is 12.5. The van der Waals surface area contributed by atoms with Crippen molar-refractivity contribution < 1.29 is 9.53 Å². The molecule has 1 saturated carbocycles. The van der Waals surface area contributed by atoms with Gasteiger partial charge in [0.25, 0.3) is 5.91 Å². The lowest BCUT2D eigenvalue weighted by Gasteiger charge is -2.22. The van der Waals surface area contributed by atoms with Crippen LogP contribution in [0.25, 0.3) is 0 Å². The number of hydrogen-bond acceptors (Lipinski definition) is 2. The van der Waals surface area contributed by atoms with Gasteiger partial charge in [-0.15, -0.1) is 0 Å². The first kappa shape index (κ1) is 14.4. The Morgan fingerprint density at radius 1 is 1.42 bits per heavy atom. The van der Waals surface area contributed by atoms with Gasteiger partial charge in [-0.3, -0.25) is 4.79 Å². The van der Waals surface area contributed by atoms with Gasteiger partial charge in [0.2, 0.25) is 0 Å². The fourth-order valence-corrected chi connectivity index (χ4v) is 3.08. The molecule has 1 aliphatic carbocycles. The Morgan fingerprint density at radius 3 is 2.74 bits per heavy atom. The number of methoxy groups -OCH3 is 1. The van der Waals surface area contributed by atoms with E-state index < -0.39 is 0 Å². The Labute approximate surface area is 123 Å². The summed E-state index contributed by atoms with van der Waals surface area (Å²) in [5.74, 6) is 1.43. The van der Waals surface area contributed by atoms with Crippen molar-refractivity contribution in [1.82, 2.24) is 4.90 Å². The molecule has 1 amide bonds. The molecule has 0 aliphatic heterocycles. The van der Waals surface area contributed by atoms with Crippen molar-refractivity contribution in [3.63, 3.8) is 0 Å². The predicted octanol–water partition coefficient (Wildman–Crippen LogP) is 3.72. The third-order valence-corrected chi connectivity index (χ3v) is 4.45. The molecule has 0 saturated heterocycles. The number of nitrogens with zero attached hydrogens (tertiary/aromatic N) is 1. The molecule has 1 aromatic carbocycles. The Kier molecular flexibility index (Phi) is 4.86. The molecular weight excluding hydrogens is 306 g/mol. The average Bonchev–Trinajstić information content (AvgIpc) is 2.91. The maximum Gasteiger partial charge on any atom is 0.254 e. The van der Waals surface area contributed by atoms with E-state index in [1.165, 1.54) is 25.7 Å². The zero-order valence-corrected chi connectivity index (χ0v) is 13.1. The van der Waals surface area contributed by atoms with Gasteiger partial charge in [0.15, 0.2) is 0 Å². The Balaban J connectivity index is 2.09. The van der Waals surface area contributed by atoms with Crippen LogP contribution >= 0.6 is 15.9 Å². The van der Waals surface area contributed by atoms with Gasteiger partial charge in [-0.25, -0.2) is 0 Å². The van der Waals surface area contributed by atoms with E-state index in [1.807, 2.05) is 24.1 Å². The van der Waals surface area contributed by atoms with Crippen molar-refractivity contribution in [2.24, 2.45) is 5.92 Å². The van der Waals surface area contributed by atoms with Crippen LogP contribution in [0.5, 0.6) is 5.75 Å². The number of carbonyl (C=O) groups is 1. The standard InChI is InChI=1S/C15H20BrNO2/c1-17(10-11-5-3-4-6-11)15(18)13-9-12(19-2)7-8-14(13)16/h7-9,11H,3-6,10H2,1-2H3. The van der Waals surface area contributed by atoms with Crippen molar-refractivity contribution in [3.05, 3.63) is 28.2 Å². The third-order valence-electron chi connectivity index (χ3n) is 3.76. The number of rotatable bonds is 4. The zero-order chi connectivity index (χ0) is 13.8. The molecule has 0 N–H and O–H groups in total. The minimum Gasteiger partial charge on any atom is -0.497 e. The minimum atomic E-state index is 0.0534. The summed E-state index contributed by atoms with van der Waals surface area (Å²) in [6.07, 6.45) is 5.10. The molecule has 0 heterocycles. The summed E-state index contributed by atoms with van der Waals surface area (Å²) in [4.78, 5) is 14.3. The second-order valence-corrected chi connectivity index (χ2v) is 6.04. The average molecular weight is 326 g/mol. The molecule has 0 spiro atoms. The monoisotopic (exact) mass is 325 g/mol. The van der Waals surface area contributed by atoms with Crippen LogP contribution in [0.15, 0.2) is 22.7 Å². The minimum absolute atomic E-state index is 0.0534. The fourth-order valence-electron chi connectivity index (χ4n) is 2.66. The summed E-state index contributed by atoms with van der Waals surface area (Å²) in [5.41, 5.74) is 0.667. The zero-order valence-electron chi connectivity index (χ0n) is 11.5. The predicted molar refractivity (Wildman–Crippen MR) is 79.6 cm³/mol. The van der Waals surface area contributed by atoms with Crippen LogP contribution in [0, 0.1) is 5.92 Å². The molecular formula is C15H20BrNO2. The number of hydrogen-bond donors (Lipinski definition) is 0. The van der Waals surface area contributed by atoms with E-state index in [1.54, 1.807) is 13.2 Å². The third kappa shape index (κ3) is 3.50. The highest BCUT2D eigenvalue weighted by atomic mass is 79.9. The molecule has 3 nitrogen and oxygen atoms in total. The van der Waals surface area contributed by atoms with Gasteiger partial charge in [0, 0.05) is 18.1 Å².